The lowest BCUT2D eigenvalue weighted by Crippen LogP contribution is -2.37. The minimum Gasteiger partial charge on any atom is -0.497 e. The second-order valence-corrected chi connectivity index (χ2v) is 10.5. The first-order valence-corrected chi connectivity index (χ1v) is 12.7. The quantitative estimate of drug-likeness (QED) is 0.480. The van der Waals surface area contributed by atoms with Crippen LogP contribution in [0.4, 0.5) is 0 Å². The van der Waals surface area contributed by atoms with Crippen LogP contribution in [0, 0.1) is 17.8 Å². The molecule has 0 radical (unpaired) electrons. The first-order valence-electron chi connectivity index (χ1n) is 12.7. The summed E-state index contributed by atoms with van der Waals surface area (Å²) in [7, 11) is 1.60. The zero-order valence-electron chi connectivity index (χ0n) is 21.4. The van der Waals surface area contributed by atoms with E-state index in [4.69, 9.17) is 4.74 Å². The molecule has 1 saturated carbocycles. The van der Waals surface area contributed by atoms with Gasteiger partial charge in [-0.05, 0) is 62.5 Å². The normalized spacial score (nSPS) is 18.6. The third-order valence-electron chi connectivity index (χ3n) is 6.84. The lowest BCUT2D eigenvalue weighted by atomic mass is 9.84. The molecule has 1 fully saturated rings. The number of aromatic nitrogens is 2. The summed E-state index contributed by atoms with van der Waals surface area (Å²) in [4.78, 5) is 33.7. The Kier molecular flexibility index (Phi) is 9.11. The number of nitrogens with zero attached hydrogens (tertiary/aromatic N) is 3. The molecule has 0 spiro atoms. The van der Waals surface area contributed by atoms with Crippen LogP contribution in [-0.2, 0) is 11.3 Å². The molecular weight excluding hydrogens is 430 g/mol. The van der Waals surface area contributed by atoms with Crippen molar-refractivity contribution in [1.29, 1.82) is 0 Å². The van der Waals surface area contributed by atoms with E-state index in [0.29, 0.717) is 67.7 Å². The predicted octanol–water partition coefficient (Wildman–Crippen LogP) is 4.70. The number of methoxy groups -OCH3 is 1. The Morgan fingerprint density at radius 1 is 1.09 bits per heavy atom. The molecule has 7 heteroatoms. The van der Waals surface area contributed by atoms with E-state index in [1.807, 2.05) is 23.1 Å². The van der Waals surface area contributed by atoms with E-state index in [0.717, 1.165) is 18.4 Å². The number of Topliss-reactive ketones (excluding diaryl/α,β-unsaturated/α-hetero) is 1. The number of carbonyl (C=O) groups excluding carboxylic acids is 2. The summed E-state index contributed by atoms with van der Waals surface area (Å²) >= 11 is 0. The largest absolute Gasteiger partial charge is 0.497 e. The van der Waals surface area contributed by atoms with Crippen LogP contribution < -0.4 is 4.74 Å². The summed E-state index contributed by atoms with van der Waals surface area (Å²) in [6.45, 7) is 10.2. The van der Waals surface area contributed by atoms with Crippen LogP contribution in [0.1, 0.15) is 76.8 Å². The number of fused-ring (bicyclic) bond motifs is 1. The average Bonchev–Trinajstić information content (AvgIpc) is 3.16. The predicted molar refractivity (Wildman–Crippen MR) is 134 cm³/mol. The fraction of sp³-hybridized carbons (Fsp3) is 0.667. The Labute approximate surface area is 203 Å². The van der Waals surface area contributed by atoms with Gasteiger partial charge < -0.3 is 19.3 Å². The zero-order chi connectivity index (χ0) is 24.8. The Morgan fingerprint density at radius 3 is 2.26 bits per heavy atom. The fourth-order valence-corrected chi connectivity index (χ4v) is 4.52. The lowest BCUT2D eigenvalue weighted by molar-refractivity contribution is -0.132. The van der Waals surface area contributed by atoms with Gasteiger partial charge >= 0.3 is 0 Å². The molecule has 188 valence electrons. The van der Waals surface area contributed by atoms with Crippen LogP contribution in [0.5, 0.6) is 5.75 Å². The summed E-state index contributed by atoms with van der Waals surface area (Å²) in [5, 5.41) is 9.87. The topological polar surface area (TPSA) is 84.7 Å². The van der Waals surface area contributed by atoms with Crippen LogP contribution in [0.2, 0.25) is 0 Å². The number of aliphatic hydroxyl groups excluding tert-OH is 1. The summed E-state index contributed by atoms with van der Waals surface area (Å²) in [5.41, 5.74) is 1.42. The van der Waals surface area contributed by atoms with Gasteiger partial charge in [-0.25, -0.2) is 4.98 Å². The van der Waals surface area contributed by atoms with Crippen molar-refractivity contribution in [2.24, 2.45) is 17.8 Å². The Bertz CT molecular complexity index is 962. The second kappa shape index (κ2) is 11.8. The van der Waals surface area contributed by atoms with E-state index in [-0.39, 0.29) is 30.3 Å². The highest BCUT2D eigenvalue weighted by Gasteiger charge is 2.30. The Hall–Kier alpha value is -2.41. The molecule has 0 aliphatic heterocycles. The monoisotopic (exact) mass is 471 g/mol. The number of benzene rings is 1. The number of carbonyl (C=O) groups is 2. The van der Waals surface area contributed by atoms with Crippen molar-refractivity contribution in [2.75, 3.05) is 20.2 Å². The van der Waals surface area contributed by atoms with E-state index in [9.17, 15) is 14.7 Å². The number of aliphatic hydroxyl groups is 1. The van der Waals surface area contributed by atoms with Gasteiger partial charge in [0.05, 0.1) is 24.2 Å². The zero-order valence-corrected chi connectivity index (χ0v) is 21.4. The fourth-order valence-electron chi connectivity index (χ4n) is 4.52. The van der Waals surface area contributed by atoms with Gasteiger partial charge in [0.2, 0.25) is 11.7 Å². The summed E-state index contributed by atoms with van der Waals surface area (Å²) in [5.74, 6) is 1.82. The second-order valence-electron chi connectivity index (χ2n) is 10.5. The summed E-state index contributed by atoms with van der Waals surface area (Å²) in [6, 6.07) is 5.51. The van der Waals surface area contributed by atoms with Crippen LogP contribution >= 0.6 is 0 Å². The average molecular weight is 472 g/mol. The SMILES string of the molecule is COc1ccc2nc(C(=O)C3CCC(O)CC3)n(CC(=O)N(CCC(C)C)CCC(C)C)c2c1. The molecule has 1 heterocycles. The molecule has 1 amide bonds. The number of rotatable bonds is 11. The van der Waals surface area contributed by atoms with Gasteiger partial charge in [0.1, 0.15) is 12.3 Å². The third-order valence-corrected chi connectivity index (χ3v) is 6.84. The molecule has 0 saturated heterocycles. The smallest absolute Gasteiger partial charge is 0.242 e. The molecule has 7 nitrogen and oxygen atoms in total. The number of hydrogen-bond acceptors (Lipinski definition) is 5. The van der Waals surface area contributed by atoms with Crippen molar-refractivity contribution in [1.82, 2.24) is 14.5 Å². The number of ether oxygens (including phenoxy) is 1. The van der Waals surface area contributed by atoms with E-state index in [2.05, 4.69) is 32.7 Å². The maximum Gasteiger partial charge on any atom is 0.242 e. The molecule has 34 heavy (non-hydrogen) atoms. The van der Waals surface area contributed by atoms with Crippen molar-refractivity contribution in [3.8, 4) is 5.75 Å². The molecule has 1 aliphatic carbocycles. The van der Waals surface area contributed by atoms with Gasteiger partial charge in [-0.15, -0.1) is 0 Å². The highest BCUT2D eigenvalue weighted by Crippen LogP contribution is 2.29. The number of hydrogen-bond donors (Lipinski definition) is 1. The minimum atomic E-state index is -0.329. The number of ketones is 1. The summed E-state index contributed by atoms with van der Waals surface area (Å²) < 4.78 is 7.19. The van der Waals surface area contributed by atoms with Crippen molar-refractivity contribution in [3.05, 3.63) is 24.0 Å². The number of imidazole rings is 1. The van der Waals surface area contributed by atoms with Crippen LogP contribution in [0.15, 0.2) is 18.2 Å². The van der Waals surface area contributed by atoms with E-state index in [1.165, 1.54) is 0 Å². The van der Waals surface area contributed by atoms with E-state index < -0.39 is 0 Å². The van der Waals surface area contributed by atoms with E-state index >= 15 is 0 Å². The molecule has 1 aliphatic rings. The Balaban J connectivity index is 1.93. The lowest BCUT2D eigenvalue weighted by Gasteiger charge is -2.26. The molecule has 0 atom stereocenters. The molecule has 0 unspecified atom stereocenters. The molecule has 1 aromatic heterocycles. The van der Waals surface area contributed by atoms with Crippen LogP contribution in [0.3, 0.4) is 0 Å². The van der Waals surface area contributed by atoms with Crippen molar-refractivity contribution < 1.29 is 19.4 Å². The first kappa shape index (κ1) is 26.2. The van der Waals surface area contributed by atoms with Gasteiger partial charge in [-0.2, -0.15) is 0 Å². The summed E-state index contributed by atoms with van der Waals surface area (Å²) in [6.07, 6.45) is 4.11. The highest BCUT2D eigenvalue weighted by atomic mass is 16.5. The molecule has 1 aromatic carbocycles. The molecule has 3 rings (SSSR count). The van der Waals surface area contributed by atoms with Crippen molar-refractivity contribution in [3.63, 3.8) is 0 Å². The number of amides is 1. The van der Waals surface area contributed by atoms with Gasteiger partial charge in [0.25, 0.3) is 0 Å². The van der Waals surface area contributed by atoms with Crippen molar-refractivity contribution in [2.45, 2.75) is 78.9 Å². The highest BCUT2D eigenvalue weighted by molar-refractivity contribution is 5.99. The molecule has 0 bridgehead atoms. The maximum atomic E-state index is 13.5. The van der Waals surface area contributed by atoms with Gasteiger partial charge in [0.15, 0.2) is 5.82 Å². The van der Waals surface area contributed by atoms with Crippen LogP contribution in [0.25, 0.3) is 11.0 Å². The Morgan fingerprint density at radius 2 is 1.71 bits per heavy atom. The standard InChI is InChI=1S/C27H41N3O4/c1-18(2)12-14-29(15-13-19(3)4)25(32)17-30-24-16-22(34-5)10-11-23(24)28-27(30)26(33)20-6-8-21(31)9-7-20/h10-11,16,18-21,31H,6-9,12-15,17H2,1-5H3. The minimum absolute atomic E-state index is 0.0107. The molecule has 1 N–H and O–H groups in total. The van der Waals surface area contributed by atoms with Crippen LogP contribution in [-0.4, -0.2) is 57.6 Å². The van der Waals surface area contributed by atoms with Gasteiger partial charge in [0, 0.05) is 25.1 Å². The maximum absolute atomic E-state index is 13.5. The van der Waals surface area contributed by atoms with Gasteiger partial charge in [-0.3, -0.25) is 9.59 Å². The van der Waals surface area contributed by atoms with E-state index in [1.54, 1.807) is 11.7 Å². The molecular formula is C27H41N3O4. The van der Waals surface area contributed by atoms with Crippen molar-refractivity contribution >= 4 is 22.7 Å². The third kappa shape index (κ3) is 6.59. The first-order chi connectivity index (χ1) is 16.2. The van der Waals surface area contributed by atoms with Gasteiger partial charge in [-0.1, -0.05) is 27.7 Å². The molecule has 2 aromatic rings.